The highest BCUT2D eigenvalue weighted by Gasteiger charge is 2.34. The van der Waals surface area contributed by atoms with Crippen LogP contribution in [0.3, 0.4) is 0 Å². The molecule has 1 aliphatic carbocycles. The molecule has 152 valence electrons. The summed E-state index contributed by atoms with van der Waals surface area (Å²) >= 11 is 0. The van der Waals surface area contributed by atoms with Crippen molar-refractivity contribution in [1.82, 2.24) is 24.6 Å². The van der Waals surface area contributed by atoms with Crippen LogP contribution in [0.25, 0.3) is 11.0 Å². The largest absolute Gasteiger partial charge is 0.353 e. The number of rotatable bonds is 6. The molecule has 0 radical (unpaired) electrons. The fourth-order valence-corrected chi connectivity index (χ4v) is 5.12. The van der Waals surface area contributed by atoms with Crippen molar-refractivity contribution in [3.05, 3.63) is 18.2 Å². The molecule has 1 aliphatic heterocycles. The predicted molar refractivity (Wildman–Crippen MR) is 105 cm³/mol. The van der Waals surface area contributed by atoms with Crippen LogP contribution in [0.5, 0.6) is 0 Å². The summed E-state index contributed by atoms with van der Waals surface area (Å²) in [5, 5.41) is 11.3. The van der Waals surface area contributed by atoms with Gasteiger partial charge in [-0.2, -0.15) is 4.31 Å². The van der Waals surface area contributed by atoms with Crippen molar-refractivity contribution in [2.75, 3.05) is 13.1 Å². The van der Waals surface area contributed by atoms with Crippen LogP contribution in [0.15, 0.2) is 23.1 Å². The van der Waals surface area contributed by atoms with E-state index in [4.69, 9.17) is 0 Å². The number of benzene rings is 1. The monoisotopic (exact) mass is 405 g/mol. The van der Waals surface area contributed by atoms with Crippen LogP contribution in [0.1, 0.15) is 52.0 Å². The molecule has 28 heavy (non-hydrogen) atoms. The Morgan fingerprint density at radius 2 is 1.96 bits per heavy atom. The maximum Gasteiger partial charge on any atom is 0.243 e. The number of sulfonamides is 1. The lowest BCUT2D eigenvalue weighted by molar-refractivity contribution is -0.126. The second-order valence-electron chi connectivity index (χ2n) is 7.90. The van der Waals surface area contributed by atoms with Crippen molar-refractivity contribution < 1.29 is 13.2 Å². The molecule has 0 unspecified atom stereocenters. The van der Waals surface area contributed by atoms with Crippen molar-refractivity contribution in [2.24, 2.45) is 5.92 Å². The van der Waals surface area contributed by atoms with E-state index in [1.807, 2.05) is 4.68 Å². The van der Waals surface area contributed by atoms with Gasteiger partial charge in [0, 0.05) is 25.0 Å². The second-order valence-corrected chi connectivity index (χ2v) is 9.84. The van der Waals surface area contributed by atoms with Gasteiger partial charge in [0.05, 0.1) is 16.5 Å². The van der Waals surface area contributed by atoms with Crippen LogP contribution in [-0.2, 0) is 14.8 Å². The quantitative estimate of drug-likeness (QED) is 0.794. The molecule has 1 aromatic heterocycles. The third kappa shape index (κ3) is 3.65. The van der Waals surface area contributed by atoms with Crippen LogP contribution < -0.4 is 5.32 Å². The summed E-state index contributed by atoms with van der Waals surface area (Å²) in [4.78, 5) is 12.4. The van der Waals surface area contributed by atoms with Gasteiger partial charge in [-0.25, -0.2) is 13.1 Å². The number of aromatic nitrogens is 3. The van der Waals surface area contributed by atoms with Crippen molar-refractivity contribution in [3.63, 3.8) is 0 Å². The first kappa shape index (κ1) is 19.3. The third-order valence-electron chi connectivity index (χ3n) is 5.84. The lowest BCUT2D eigenvalue weighted by atomic mass is 9.97. The zero-order valence-electron chi connectivity index (χ0n) is 16.3. The highest BCUT2D eigenvalue weighted by molar-refractivity contribution is 7.89. The Balaban J connectivity index is 1.48. The van der Waals surface area contributed by atoms with E-state index in [0.717, 1.165) is 24.8 Å². The molecule has 2 aliphatic rings. The first-order chi connectivity index (χ1) is 13.4. The normalized spacial score (nSPS) is 20.4. The average Bonchev–Trinajstić information content (AvgIpc) is 3.42. The number of nitrogens with zero attached hydrogens (tertiary/aromatic N) is 4. The third-order valence-corrected chi connectivity index (χ3v) is 7.73. The van der Waals surface area contributed by atoms with E-state index < -0.39 is 10.0 Å². The summed E-state index contributed by atoms with van der Waals surface area (Å²) in [7, 11) is -3.61. The van der Waals surface area contributed by atoms with Crippen LogP contribution in [-0.4, -0.2) is 52.8 Å². The Morgan fingerprint density at radius 1 is 1.25 bits per heavy atom. The molecule has 1 saturated carbocycles. The number of carbonyl (C=O) groups excluding carboxylic acids is 1. The molecule has 2 heterocycles. The molecular weight excluding hydrogens is 378 g/mol. The minimum absolute atomic E-state index is 0.0719. The van der Waals surface area contributed by atoms with Gasteiger partial charge < -0.3 is 5.32 Å². The molecule has 0 spiro atoms. The molecule has 2 aromatic rings. The smallest absolute Gasteiger partial charge is 0.243 e. The van der Waals surface area contributed by atoms with E-state index >= 15 is 0 Å². The molecule has 1 amide bonds. The van der Waals surface area contributed by atoms with Crippen LogP contribution in [0, 0.1) is 5.92 Å². The van der Waals surface area contributed by atoms with Crippen LogP contribution >= 0.6 is 0 Å². The number of piperidine rings is 1. The van der Waals surface area contributed by atoms with Gasteiger partial charge in [0.2, 0.25) is 15.9 Å². The van der Waals surface area contributed by atoms with Crippen molar-refractivity contribution in [3.8, 4) is 0 Å². The van der Waals surface area contributed by atoms with E-state index in [-0.39, 0.29) is 22.8 Å². The average molecular weight is 406 g/mol. The molecule has 1 aromatic carbocycles. The minimum Gasteiger partial charge on any atom is -0.353 e. The number of amides is 1. The summed E-state index contributed by atoms with van der Waals surface area (Å²) < 4.78 is 29.4. The van der Waals surface area contributed by atoms with Crippen molar-refractivity contribution in [1.29, 1.82) is 0 Å². The van der Waals surface area contributed by atoms with E-state index in [1.165, 1.54) is 4.31 Å². The molecule has 1 saturated heterocycles. The van der Waals surface area contributed by atoms with Gasteiger partial charge in [-0.05, 0) is 57.2 Å². The van der Waals surface area contributed by atoms with Crippen LogP contribution in [0.2, 0.25) is 0 Å². The van der Waals surface area contributed by atoms with E-state index in [2.05, 4.69) is 29.5 Å². The predicted octanol–water partition coefficient (Wildman–Crippen LogP) is 2.08. The molecule has 9 heteroatoms. The van der Waals surface area contributed by atoms with Gasteiger partial charge in [0.15, 0.2) is 0 Å². The van der Waals surface area contributed by atoms with Gasteiger partial charge in [-0.1, -0.05) is 12.1 Å². The Hall–Kier alpha value is -2.00. The fourth-order valence-electron chi connectivity index (χ4n) is 3.63. The van der Waals surface area contributed by atoms with Crippen LogP contribution in [0.4, 0.5) is 0 Å². The minimum atomic E-state index is -3.61. The summed E-state index contributed by atoms with van der Waals surface area (Å²) in [6.07, 6.45) is 4.16. The van der Waals surface area contributed by atoms with Gasteiger partial charge in [-0.3, -0.25) is 4.79 Å². The van der Waals surface area contributed by atoms with Gasteiger partial charge in [-0.15, -0.1) is 5.10 Å². The molecule has 0 bridgehead atoms. The van der Waals surface area contributed by atoms with Crippen molar-refractivity contribution in [2.45, 2.75) is 62.9 Å². The molecule has 1 N–H and O–H groups in total. The lowest BCUT2D eigenvalue weighted by Gasteiger charge is -2.30. The summed E-state index contributed by atoms with van der Waals surface area (Å²) in [6.45, 7) is 4.86. The van der Waals surface area contributed by atoms with E-state index in [0.29, 0.717) is 37.5 Å². The Morgan fingerprint density at radius 3 is 2.61 bits per heavy atom. The molecule has 4 rings (SSSR count). The molecule has 8 nitrogen and oxygen atoms in total. The maximum atomic E-state index is 13.1. The summed E-state index contributed by atoms with van der Waals surface area (Å²) in [5.41, 5.74) is 1.42. The van der Waals surface area contributed by atoms with Crippen molar-refractivity contribution >= 4 is 27.0 Å². The fraction of sp³-hybridized carbons (Fsp3) is 0.632. The van der Waals surface area contributed by atoms with Gasteiger partial charge >= 0.3 is 0 Å². The SMILES string of the molecule is CC[C@H](C)n1nnc2cc(S(=O)(=O)N3CCC(C(=O)NC4CC4)CC3)ccc21. The number of hydrogen-bond acceptors (Lipinski definition) is 5. The Bertz CT molecular complexity index is 975. The van der Waals surface area contributed by atoms with E-state index in [1.54, 1.807) is 18.2 Å². The standard InChI is InChI=1S/C19H27N5O3S/c1-3-13(2)24-18-7-6-16(12-17(18)21-22-24)28(26,27)23-10-8-14(9-11-23)19(25)20-15-4-5-15/h6-7,12-15H,3-5,8-11H2,1-2H3,(H,20,25)/t13-/m0/s1. The highest BCUT2D eigenvalue weighted by atomic mass is 32.2. The Labute approximate surface area is 165 Å². The van der Waals surface area contributed by atoms with Gasteiger partial charge in [0.1, 0.15) is 5.52 Å². The number of carbonyl (C=O) groups is 1. The highest BCUT2D eigenvalue weighted by Crippen LogP contribution is 2.27. The summed E-state index contributed by atoms with van der Waals surface area (Å²) in [6, 6.07) is 5.55. The first-order valence-corrected chi connectivity index (χ1v) is 11.5. The topological polar surface area (TPSA) is 97.2 Å². The lowest BCUT2D eigenvalue weighted by Crippen LogP contribution is -2.43. The number of nitrogens with one attached hydrogen (secondary N) is 1. The van der Waals surface area contributed by atoms with Gasteiger partial charge in [0.25, 0.3) is 0 Å². The molecule has 1 atom stereocenters. The number of hydrogen-bond donors (Lipinski definition) is 1. The number of fused-ring (bicyclic) bond motifs is 1. The zero-order valence-corrected chi connectivity index (χ0v) is 17.2. The first-order valence-electron chi connectivity index (χ1n) is 10.1. The second kappa shape index (κ2) is 7.44. The van der Waals surface area contributed by atoms with E-state index in [9.17, 15) is 13.2 Å². The summed E-state index contributed by atoms with van der Waals surface area (Å²) in [5.74, 6) is -0.0208. The zero-order chi connectivity index (χ0) is 19.9. The Kier molecular flexibility index (Phi) is 5.13. The maximum absolute atomic E-state index is 13.1. The molecule has 2 fully saturated rings. The molecular formula is C19H27N5O3S.